The quantitative estimate of drug-likeness (QED) is 0.208. The Labute approximate surface area is 301 Å². The molecule has 4 heterocycles. The molecule has 0 bridgehead atoms. The molecule has 0 unspecified atom stereocenters. The standard InChI is InChI=1S/C38H43F2N9O3/c1-5-49(33-11-9-31(41)36(44-33)35(42)26-7-10-32(30(40)19-26)52-23(2)3)38(51)27-12-15-47(20-27)21-34(50)48-16-13-24(14-17-48)25-6-8-28(29(39)18-25)37-43-22-46(4)45-37/h6-11,13,18-19,22-23,27,42H,5,12,14-17,20-21,41H2,1-4H3/t27-/m1/s1. The van der Waals surface area contributed by atoms with Gasteiger partial charge in [-0.25, -0.2) is 18.7 Å². The molecule has 2 amide bonds. The van der Waals surface area contributed by atoms with Crippen LogP contribution in [0.3, 0.4) is 0 Å². The highest BCUT2D eigenvalue weighted by Crippen LogP contribution is 2.29. The number of nitrogen functional groups attached to an aromatic ring is 1. The minimum atomic E-state index is -0.597. The number of carbonyl (C=O) groups excluding carboxylic acids is 2. The summed E-state index contributed by atoms with van der Waals surface area (Å²) in [6, 6.07) is 12.5. The van der Waals surface area contributed by atoms with Gasteiger partial charge in [-0.15, -0.1) is 0 Å². The summed E-state index contributed by atoms with van der Waals surface area (Å²) < 4.78 is 36.6. The van der Waals surface area contributed by atoms with E-state index in [0.717, 1.165) is 11.1 Å². The number of nitrogens with zero attached hydrogens (tertiary/aromatic N) is 7. The lowest BCUT2D eigenvalue weighted by atomic mass is 9.98. The number of carbonyl (C=O) groups is 2. The van der Waals surface area contributed by atoms with E-state index in [1.807, 2.05) is 24.0 Å². The van der Waals surface area contributed by atoms with Crippen molar-refractivity contribution in [3.8, 4) is 17.1 Å². The van der Waals surface area contributed by atoms with Gasteiger partial charge in [-0.05, 0) is 93.8 Å². The zero-order valence-corrected chi connectivity index (χ0v) is 29.8. The van der Waals surface area contributed by atoms with Crippen LogP contribution in [0.2, 0.25) is 0 Å². The van der Waals surface area contributed by atoms with Crippen LogP contribution in [0.25, 0.3) is 17.0 Å². The Morgan fingerprint density at radius 1 is 1.10 bits per heavy atom. The van der Waals surface area contributed by atoms with E-state index in [1.165, 1.54) is 29.2 Å². The number of hydrogen-bond donors (Lipinski definition) is 2. The number of pyridine rings is 1. The Morgan fingerprint density at radius 3 is 2.56 bits per heavy atom. The van der Waals surface area contributed by atoms with Crippen molar-refractivity contribution >= 4 is 34.6 Å². The van der Waals surface area contributed by atoms with Gasteiger partial charge in [-0.3, -0.25) is 29.5 Å². The molecule has 0 aliphatic carbocycles. The monoisotopic (exact) mass is 711 g/mol. The topological polar surface area (TPSA) is 147 Å². The lowest BCUT2D eigenvalue weighted by molar-refractivity contribution is -0.132. The predicted octanol–water partition coefficient (Wildman–Crippen LogP) is 4.93. The first-order valence-corrected chi connectivity index (χ1v) is 17.4. The first-order chi connectivity index (χ1) is 24.9. The molecule has 52 heavy (non-hydrogen) atoms. The number of likely N-dealkylation sites (tertiary alicyclic amines) is 1. The van der Waals surface area contributed by atoms with Gasteiger partial charge in [0.15, 0.2) is 17.4 Å². The van der Waals surface area contributed by atoms with Crippen molar-refractivity contribution in [3.63, 3.8) is 0 Å². The minimum Gasteiger partial charge on any atom is -0.488 e. The molecule has 272 valence electrons. The zero-order chi connectivity index (χ0) is 37.1. The first-order valence-electron chi connectivity index (χ1n) is 17.4. The van der Waals surface area contributed by atoms with Crippen molar-refractivity contribution < 1.29 is 23.1 Å². The molecule has 14 heteroatoms. The second kappa shape index (κ2) is 15.4. The largest absolute Gasteiger partial charge is 0.488 e. The minimum absolute atomic E-state index is 0.0258. The van der Waals surface area contributed by atoms with E-state index in [4.69, 9.17) is 15.9 Å². The number of rotatable bonds is 11. The van der Waals surface area contributed by atoms with Crippen LogP contribution in [-0.4, -0.2) is 92.4 Å². The summed E-state index contributed by atoms with van der Waals surface area (Å²) in [5, 5.41) is 12.9. The fourth-order valence-electron chi connectivity index (χ4n) is 6.59. The van der Waals surface area contributed by atoms with Gasteiger partial charge in [-0.2, -0.15) is 5.10 Å². The second-order valence-corrected chi connectivity index (χ2v) is 13.4. The van der Waals surface area contributed by atoms with Crippen molar-refractivity contribution in [2.24, 2.45) is 13.0 Å². The number of nitrogens with two attached hydrogens (primary N) is 1. The third kappa shape index (κ3) is 7.86. The molecule has 0 saturated carbocycles. The van der Waals surface area contributed by atoms with Gasteiger partial charge >= 0.3 is 0 Å². The van der Waals surface area contributed by atoms with Crippen LogP contribution >= 0.6 is 0 Å². The number of aromatic nitrogens is 4. The molecule has 2 aromatic carbocycles. The number of ether oxygens (including phenoxy) is 1. The second-order valence-electron chi connectivity index (χ2n) is 13.4. The lowest BCUT2D eigenvalue weighted by Crippen LogP contribution is -2.42. The van der Waals surface area contributed by atoms with E-state index in [0.29, 0.717) is 62.8 Å². The van der Waals surface area contributed by atoms with Gasteiger partial charge in [0, 0.05) is 38.8 Å². The van der Waals surface area contributed by atoms with Gasteiger partial charge in [-0.1, -0.05) is 12.1 Å². The molecular weight excluding hydrogens is 668 g/mol. The summed E-state index contributed by atoms with van der Waals surface area (Å²) in [7, 11) is 1.73. The van der Waals surface area contributed by atoms with Crippen LogP contribution < -0.4 is 15.4 Å². The highest BCUT2D eigenvalue weighted by atomic mass is 19.1. The fourth-order valence-corrected chi connectivity index (χ4v) is 6.59. The normalized spacial score (nSPS) is 16.2. The maximum absolute atomic E-state index is 14.9. The number of hydrogen-bond acceptors (Lipinski definition) is 9. The van der Waals surface area contributed by atoms with Crippen LogP contribution in [0.1, 0.15) is 50.4 Å². The van der Waals surface area contributed by atoms with E-state index in [2.05, 4.69) is 15.1 Å². The van der Waals surface area contributed by atoms with Gasteiger partial charge < -0.3 is 15.4 Å². The number of anilines is 2. The van der Waals surface area contributed by atoms with Gasteiger partial charge in [0.1, 0.15) is 23.7 Å². The van der Waals surface area contributed by atoms with Crippen molar-refractivity contribution in [2.75, 3.05) is 49.9 Å². The molecule has 1 atom stereocenters. The van der Waals surface area contributed by atoms with Gasteiger partial charge in [0.2, 0.25) is 11.8 Å². The van der Waals surface area contributed by atoms with Gasteiger partial charge in [0.25, 0.3) is 0 Å². The Balaban J connectivity index is 1.05. The van der Waals surface area contributed by atoms with E-state index in [1.54, 1.807) is 55.0 Å². The summed E-state index contributed by atoms with van der Waals surface area (Å²) in [5.41, 5.74) is 8.86. The van der Waals surface area contributed by atoms with Crippen LogP contribution in [0.15, 0.2) is 60.9 Å². The summed E-state index contributed by atoms with van der Waals surface area (Å²) in [4.78, 5) is 41.1. The number of aryl methyl sites for hydroxylation is 1. The molecule has 1 saturated heterocycles. The molecule has 3 N–H and O–H groups in total. The summed E-state index contributed by atoms with van der Waals surface area (Å²) in [6.07, 6.45) is 4.47. The fraction of sp³-hybridized carbons (Fsp3) is 0.368. The molecule has 2 aliphatic rings. The summed E-state index contributed by atoms with van der Waals surface area (Å²) in [6.45, 7) is 7.93. The SMILES string of the molecule is CCN(C(=O)[C@@H]1CCN(CC(=O)N2CC=C(c3ccc(-c4ncn(C)n4)c(F)c3)CC2)C1)c1ccc(N)c(C(=N)c2ccc(OC(C)C)c(F)c2)n1. The van der Waals surface area contributed by atoms with E-state index >= 15 is 0 Å². The Hall–Kier alpha value is -5.50. The Morgan fingerprint density at radius 2 is 1.90 bits per heavy atom. The average molecular weight is 712 g/mol. The van der Waals surface area contributed by atoms with E-state index in [-0.39, 0.29) is 58.8 Å². The number of benzene rings is 2. The van der Waals surface area contributed by atoms with Crippen molar-refractivity contribution in [2.45, 2.75) is 39.7 Å². The van der Waals surface area contributed by atoms with Gasteiger partial charge in [0.05, 0.1) is 35.5 Å². The number of amides is 2. The number of halogens is 2. The highest BCUT2D eigenvalue weighted by Gasteiger charge is 2.34. The number of nitrogens with one attached hydrogen (secondary N) is 1. The van der Waals surface area contributed by atoms with E-state index in [9.17, 15) is 18.4 Å². The predicted molar refractivity (Wildman–Crippen MR) is 195 cm³/mol. The van der Waals surface area contributed by atoms with E-state index < -0.39 is 11.6 Å². The average Bonchev–Trinajstić information content (AvgIpc) is 3.78. The molecule has 0 spiro atoms. The van der Waals surface area contributed by atoms with Crippen molar-refractivity contribution in [1.29, 1.82) is 5.41 Å². The molecule has 2 aromatic heterocycles. The maximum Gasteiger partial charge on any atom is 0.237 e. The molecule has 12 nitrogen and oxygen atoms in total. The lowest BCUT2D eigenvalue weighted by Gasteiger charge is -2.29. The van der Waals surface area contributed by atoms with Crippen LogP contribution in [0.5, 0.6) is 5.75 Å². The Bertz CT molecular complexity index is 2030. The molecule has 4 aromatic rings. The first kappa shape index (κ1) is 36.3. The third-order valence-electron chi connectivity index (χ3n) is 9.31. The molecule has 2 aliphatic heterocycles. The zero-order valence-electron chi connectivity index (χ0n) is 29.8. The van der Waals surface area contributed by atoms with Crippen molar-refractivity contribution in [1.82, 2.24) is 29.5 Å². The van der Waals surface area contributed by atoms with Crippen LogP contribution in [0.4, 0.5) is 20.3 Å². The summed E-state index contributed by atoms with van der Waals surface area (Å²) >= 11 is 0. The summed E-state index contributed by atoms with van der Waals surface area (Å²) in [5.74, 6) is -0.729. The molecule has 0 radical (unpaired) electrons. The molecule has 6 rings (SSSR count). The highest BCUT2D eigenvalue weighted by molar-refractivity contribution is 6.13. The smallest absolute Gasteiger partial charge is 0.237 e. The van der Waals surface area contributed by atoms with Crippen LogP contribution in [0, 0.1) is 23.0 Å². The Kier molecular flexibility index (Phi) is 10.7. The molecule has 1 fully saturated rings. The maximum atomic E-state index is 14.9. The molecular formula is C38H43F2N9O3. The van der Waals surface area contributed by atoms with Crippen LogP contribution in [-0.2, 0) is 16.6 Å². The van der Waals surface area contributed by atoms with Crippen molar-refractivity contribution in [3.05, 3.63) is 89.4 Å². The third-order valence-corrected chi connectivity index (χ3v) is 9.31.